The van der Waals surface area contributed by atoms with Crippen LogP contribution in [0, 0.1) is 18.7 Å². The van der Waals surface area contributed by atoms with Crippen molar-refractivity contribution in [3.8, 4) is 5.69 Å². The molecule has 1 saturated carbocycles. The number of ether oxygens (including phenoxy) is 1. The van der Waals surface area contributed by atoms with Gasteiger partial charge in [0.15, 0.2) is 0 Å². The summed E-state index contributed by atoms with van der Waals surface area (Å²) in [5, 5.41) is 9.72. The first-order valence-electron chi connectivity index (χ1n) is 14.6. The van der Waals surface area contributed by atoms with Crippen molar-refractivity contribution in [1.29, 1.82) is 0 Å². The Balaban J connectivity index is 1.37. The van der Waals surface area contributed by atoms with E-state index in [4.69, 9.17) is 4.74 Å². The first-order valence-corrected chi connectivity index (χ1v) is 16.0. The lowest BCUT2D eigenvalue weighted by molar-refractivity contribution is -0.0471. The lowest BCUT2D eigenvalue weighted by atomic mass is 9.72. The van der Waals surface area contributed by atoms with Gasteiger partial charge in [0, 0.05) is 43.7 Å². The summed E-state index contributed by atoms with van der Waals surface area (Å²) in [6.07, 6.45) is 6.17. The Kier molecular flexibility index (Phi) is 6.57. The summed E-state index contributed by atoms with van der Waals surface area (Å²) in [4.78, 5) is 0.206. The summed E-state index contributed by atoms with van der Waals surface area (Å²) in [5.74, 6) is -0.276. The molecular weight excluding hydrogens is 565 g/mol. The molecule has 3 aromatic carbocycles. The van der Waals surface area contributed by atoms with E-state index in [1.807, 2.05) is 36.0 Å². The van der Waals surface area contributed by atoms with E-state index in [2.05, 4.69) is 41.4 Å². The zero-order chi connectivity index (χ0) is 30.0. The van der Waals surface area contributed by atoms with Gasteiger partial charge in [-0.2, -0.15) is 14.5 Å². The van der Waals surface area contributed by atoms with Gasteiger partial charge in [-0.05, 0) is 85.7 Å². The highest BCUT2D eigenvalue weighted by molar-refractivity contribution is 7.89. The molecule has 222 valence electrons. The summed E-state index contributed by atoms with van der Waals surface area (Å²) in [5.41, 5.74) is 3.95. The monoisotopic (exact) mass is 599 g/mol. The smallest absolute Gasteiger partial charge is 0.246 e. The van der Waals surface area contributed by atoms with Crippen LogP contribution in [-0.4, -0.2) is 52.0 Å². The van der Waals surface area contributed by atoms with Crippen LogP contribution in [0.15, 0.2) is 90.2 Å². The lowest BCUT2D eigenvalue weighted by Gasteiger charge is -2.36. The van der Waals surface area contributed by atoms with E-state index in [9.17, 15) is 12.8 Å². The molecule has 2 fully saturated rings. The molecule has 3 unspecified atom stereocenters. The van der Waals surface area contributed by atoms with Crippen LogP contribution in [0.2, 0.25) is 0 Å². The number of aromatic nitrogens is 4. The predicted octanol–water partition coefficient (Wildman–Crippen LogP) is 5.49. The number of halogens is 1. The molecule has 0 spiro atoms. The topological polar surface area (TPSA) is 82.2 Å². The third kappa shape index (κ3) is 4.42. The second kappa shape index (κ2) is 10.1. The van der Waals surface area contributed by atoms with E-state index >= 15 is 0 Å². The van der Waals surface area contributed by atoms with Crippen molar-refractivity contribution in [2.75, 3.05) is 19.7 Å². The molecule has 3 heterocycles. The summed E-state index contributed by atoms with van der Waals surface area (Å²) in [6, 6.07) is 20.9. The molecule has 43 heavy (non-hydrogen) atoms. The summed E-state index contributed by atoms with van der Waals surface area (Å²) in [7, 11) is -2.03. The molecule has 1 saturated heterocycles. The zero-order valence-electron chi connectivity index (χ0n) is 24.4. The number of hydrogen-bond acceptors (Lipinski definition) is 5. The molecule has 10 heteroatoms. The highest BCUT2D eigenvalue weighted by Crippen LogP contribution is 2.60. The maximum atomic E-state index is 13.9. The molecule has 7 rings (SSSR count). The van der Waals surface area contributed by atoms with Crippen LogP contribution in [0.5, 0.6) is 0 Å². The van der Waals surface area contributed by atoms with E-state index in [1.54, 1.807) is 29.7 Å². The van der Waals surface area contributed by atoms with Crippen LogP contribution in [0.25, 0.3) is 16.6 Å². The van der Waals surface area contributed by atoms with Gasteiger partial charge in [-0.3, -0.25) is 4.68 Å². The van der Waals surface area contributed by atoms with Crippen molar-refractivity contribution < 1.29 is 17.5 Å². The molecule has 2 aliphatic rings. The summed E-state index contributed by atoms with van der Waals surface area (Å²) in [6.45, 7) is 5.40. The molecular formula is C33H34FN5O3S. The van der Waals surface area contributed by atoms with Gasteiger partial charge < -0.3 is 4.74 Å². The van der Waals surface area contributed by atoms with Gasteiger partial charge in [0.05, 0.1) is 29.2 Å². The summed E-state index contributed by atoms with van der Waals surface area (Å²) < 4.78 is 53.0. The van der Waals surface area contributed by atoms with E-state index < -0.39 is 21.0 Å². The van der Waals surface area contributed by atoms with Crippen molar-refractivity contribution in [3.63, 3.8) is 0 Å². The van der Waals surface area contributed by atoms with E-state index in [1.165, 1.54) is 23.0 Å². The van der Waals surface area contributed by atoms with E-state index in [-0.39, 0.29) is 16.6 Å². The number of sulfonamides is 1. The highest BCUT2D eigenvalue weighted by Gasteiger charge is 2.62. The number of fused-ring (bicyclic) bond motifs is 2. The van der Waals surface area contributed by atoms with Gasteiger partial charge in [-0.1, -0.05) is 30.3 Å². The zero-order valence-corrected chi connectivity index (χ0v) is 25.3. The van der Waals surface area contributed by atoms with E-state index in [0.717, 1.165) is 33.3 Å². The Morgan fingerprint density at radius 1 is 1.05 bits per heavy atom. The van der Waals surface area contributed by atoms with Crippen LogP contribution < -0.4 is 0 Å². The second-order valence-corrected chi connectivity index (χ2v) is 13.9. The molecule has 3 atom stereocenters. The van der Waals surface area contributed by atoms with Gasteiger partial charge >= 0.3 is 0 Å². The van der Waals surface area contributed by atoms with Gasteiger partial charge in [0.25, 0.3) is 0 Å². The minimum absolute atomic E-state index is 0.0222. The van der Waals surface area contributed by atoms with Gasteiger partial charge in [-0.15, -0.1) is 0 Å². The summed E-state index contributed by atoms with van der Waals surface area (Å²) >= 11 is 0. The van der Waals surface area contributed by atoms with Crippen molar-refractivity contribution in [2.45, 2.75) is 42.6 Å². The van der Waals surface area contributed by atoms with Gasteiger partial charge in [0.1, 0.15) is 10.7 Å². The lowest BCUT2D eigenvalue weighted by Crippen LogP contribution is -2.38. The number of benzene rings is 3. The fraction of sp³-hybridized carbons (Fsp3) is 0.333. The maximum absolute atomic E-state index is 13.9. The molecule has 0 N–H and O–H groups in total. The Morgan fingerprint density at radius 2 is 1.81 bits per heavy atom. The van der Waals surface area contributed by atoms with Crippen molar-refractivity contribution >= 4 is 20.9 Å². The first-order chi connectivity index (χ1) is 20.6. The van der Waals surface area contributed by atoms with Gasteiger partial charge in [0.2, 0.25) is 10.0 Å². The van der Waals surface area contributed by atoms with Gasteiger partial charge in [-0.25, -0.2) is 17.5 Å². The first kappa shape index (κ1) is 27.9. The normalized spacial score (nSPS) is 24.1. The minimum Gasteiger partial charge on any atom is -0.371 e. The van der Waals surface area contributed by atoms with Crippen molar-refractivity contribution in [3.05, 3.63) is 108 Å². The van der Waals surface area contributed by atoms with Crippen LogP contribution in [0.4, 0.5) is 4.39 Å². The van der Waals surface area contributed by atoms with Crippen LogP contribution in [0.1, 0.15) is 36.5 Å². The average Bonchev–Trinajstić information content (AvgIpc) is 3.76. The molecule has 8 nitrogen and oxygen atoms in total. The molecule has 2 aromatic heterocycles. The average molecular weight is 600 g/mol. The second-order valence-electron chi connectivity index (χ2n) is 11.9. The molecule has 0 bridgehead atoms. The van der Waals surface area contributed by atoms with Crippen LogP contribution in [-0.2, 0) is 32.8 Å². The number of nitrogens with zero attached hydrogens (tertiary/aromatic N) is 5. The van der Waals surface area contributed by atoms with Crippen LogP contribution in [0.3, 0.4) is 0 Å². The van der Waals surface area contributed by atoms with E-state index in [0.29, 0.717) is 32.5 Å². The minimum atomic E-state index is -3.75. The molecule has 0 radical (unpaired) electrons. The third-order valence-corrected chi connectivity index (χ3v) is 11.2. The molecule has 1 aliphatic carbocycles. The predicted molar refractivity (Wildman–Crippen MR) is 162 cm³/mol. The number of hydrogen-bond donors (Lipinski definition) is 0. The fourth-order valence-corrected chi connectivity index (χ4v) is 9.11. The number of rotatable bonds is 7. The maximum Gasteiger partial charge on any atom is 0.246 e. The Labute approximate surface area is 250 Å². The number of aryl methyl sites for hydroxylation is 2. The SMILES string of the molecule is CCOC1(c2ccccc2)CC2CN(S(=O)(=O)c3cnn(C)c3)CC2(c2cc3cnn(-c4ccc(F)cc4)c3cc2C)C1. The Morgan fingerprint density at radius 3 is 2.51 bits per heavy atom. The van der Waals surface area contributed by atoms with Crippen LogP contribution >= 0.6 is 0 Å². The quantitative estimate of drug-likeness (QED) is 0.247. The molecule has 5 aromatic rings. The fourth-order valence-electron chi connectivity index (χ4n) is 7.57. The Bertz CT molecular complexity index is 1920. The standard InChI is InChI=1S/C33H34FN5O3S/c1-4-42-33(25-8-6-5-7-9-25)16-26-19-38(43(40,41)29-18-35-37(3)20-29)22-32(26,21-33)30-15-24-17-36-39(31(24)14-23(30)2)28-12-10-27(34)11-13-28/h5-15,17-18,20,26H,4,16,19,21-22H2,1-3H3. The third-order valence-electron chi connectivity index (χ3n) is 9.40. The molecule has 0 amide bonds. The van der Waals surface area contributed by atoms with Crippen molar-refractivity contribution in [1.82, 2.24) is 23.9 Å². The Hall–Kier alpha value is -3.86. The largest absolute Gasteiger partial charge is 0.371 e. The highest BCUT2D eigenvalue weighted by atomic mass is 32.2. The van der Waals surface area contributed by atoms with Crippen molar-refractivity contribution in [2.24, 2.45) is 13.0 Å². The molecule has 1 aliphatic heterocycles.